The number of anilines is 1. The Morgan fingerprint density at radius 3 is 2.41 bits per heavy atom. The van der Waals surface area contributed by atoms with Gasteiger partial charge in [0.25, 0.3) is 0 Å². The first-order chi connectivity index (χ1) is 17.9. The van der Waals surface area contributed by atoms with Gasteiger partial charge in [-0.1, -0.05) is 41.6 Å². The average molecular weight is 540 g/mol. The van der Waals surface area contributed by atoms with Crippen LogP contribution in [-0.2, 0) is 16.1 Å². The second-order valence-corrected chi connectivity index (χ2v) is 9.62. The third-order valence-corrected chi connectivity index (χ3v) is 7.13. The zero-order valence-electron chi connectivity index (χ0n) is 20.6. The zero-order valence-corrected chi connectivity index (χ0v) is 22.1. The van der Waals surface area contributed by atoms with Crippen molar-refractivity contribution in [3.8, 4) is 17.2 Å². The second-order valence-electron chi connectivity index (χ2n) is 8.04. The van der Waals surface area contributed by atoms with Crippen LogP contribution in [0.25, 0.3) is 0 Å². The van der Waals surface area contributed by atoms with E-state index in [4.69, 9.17) is 30.8 Å². The molecule has 0 aliphatic carbocycles. The van der Waals surface area contributed by atoms with Crippen LogP contribution in [-0.4, -0.2) is 48.5 Å². The Morgan fingerprint density at radius 1 is 1.00 bits per heavy atom. The number of nitrogens with one attached hydrogen (secondary N) is 1. The quantitative estimate of drug-likeness (QED) is 0.385. The summed E-state index contributed by atoms with van der Waals surface area (Å²) in [6.07, 6.45) is -0.0290. The van der Waals surface area contributed by atoms with Gasteiger partial charge in [-0.15, -0.1) is 0 Å². The lowest BCUT2D eigenvalue weighted by Gasteiger charge is -2.18. The standard InChI is InChI=1S/C27H26ClN3O5S/c1-34-19-11-9-18(10-12-19)29-27-31(16-17-8-13-22(35-2)23(14-17)36-3)26(33)24(37-27)15-25(32)30-21-7-5-4-6-20(21)28/h4-14,24H,15-16H2,1-3H3,(H,30,32)/t24-/m1/s1. The number of benzene rings is 3. The number of amides is 2. The maximum atomic E-state index is 13.5. The van der Waals surface area contributed by atoms with Crippen LogP contribution in [0.1, 0.15) is 12.0 Å². The van der Waals surface area contributed by atoms with E-state index in [1.165, 1.54) is 11.8 Å². The molecular formula is C27H26ClN3O5S. The summed E-state index contributed by atoms with van der Waals surface area (Å²) in [5, 5.41) is 3.08. The van der Waals surface area contributed by atoms with E-state index in [0.29, 0.717) is 38.8 Å². The van der Waals surface area contributed by atoms with Crippen molar-refractivity contribution < 1.29 is 23.8 Å². The van der Waals surface area contributed by atoms with E-state index in [0.717, 1.165) is 5.56 Å². The van der Waals surface area contributed by atoms with Gasteiger partial charge in [-0.05, 0) is 54.1 Å². The lowest BCUT2D eigenvalue weighted by atomic mass is 10.1. The van der Waals surface area contributed by atoms with Crippen molar-refractivity contribution in [1.82, 2.24) is 4.90 Å². The van der Waals surface area contributed by atoms with E-state index >= 15 is 0 Å². The van der Waals surface area contributed by atoms with Gasteiger partial charge >= 0.3 is 0 Å². The Morgan fingerprint density at radius 2 is 1.73 bits per heavy atom. The van der Waals surface area contributed by atoms with Crippen LogP contribution in [0.5, 0.6) is 17.2 Å². The van der Waals surface area contributed by atoms with E-state index in [9.17, 15) is 9.59 Å². The lowest BCUT2D eigenvalue weighted by Crippen LogP contribution is -2.33. The summed E-state index contributed by atoms with van der Waals surface area (Å²) in [6.45, 7) is 0.254. The molecule has 0 aromatic heterocycles. The molecule has 0 unspecified atom stereocenters. The van der Waals surface area contributed by atoms with E-state index < -0.39 is 5.25 Å². The fourth-order valence-electron chi connectivity index (χ4n) is 3.73. The van der Waals surface area contributed by atoms with Crippen LogP contribution >= 0.6 is 23.4 Å². The lowest BCUT2D eigenvalue weighted by molar-refractivity contribution is -0.128. The molecular weight excluding hydrogens is 514 g/mol. The van der Waals surface area contributed by atoms with E-state index in [1.807, 2.05) is 24.3 Å². The van der Waals surface area contributed by atoms with Crippen LogP contribution in [0.4, 0.5) is 11.4 Å². The van der Waals surface area contributed by atoms with Gasteiger partial charge in [0.2, 0.25) is 11.8 Å². The molecule has 1 N–H and O–H groups in total. The number of para-hydroxylation sites is 1. The number of hydrogen-bond acceptors (Lipinski definition) is 7. The number of amidine groups is 1. The number of thioether (sulfide) groups is 1. The number of rotatable bonds is 9. The first-order valence-electron chi connectivity index (χ1n) is 11.4. The molecule has 1 aliphatic rings. The Bertz CT molecular complexity index is 1320. The molecule has 0 saturated carbocycles. The molecule has 3 aromatic rings. The summed E-state index contributed by atoms with van der Waals surface area (Å²) in [5.74, 6) is 1.34. The highest BCUT2D eigenvalue weighted by molar-refractivity contribution is 8.15. The number of nitrogens with zero attached hydrogens (tertiary/aromatic N) is 2. The fraction of sp³-hybridized carbons (Fsp3) is 0.222. The Labute approximate surface area is 224 Å². The minimum Gasteiger partial charge on any atom is -0.497 e. The molecule has 0 bridgehead atoms. The molecule has 10 heteroatoms. The van der Waals surface area contributed by atoms with E-state index in [2.05, 4.69) is 5.32 Å². The first kappa shape index (κ1) is 26.4. The number of methoxy groups -OCH3 is 3. The van der Waals surface area contributed by atoms with Crippen molar-refractivity contribution in [2.75, 3.05) is 26.6 Å². The van der Waals surface area contributed by atoms with E-state index in [-0.39, 0.29) is 24.8 Å². The Hall–Kier alpha value is -3.69. The molecule has 1 aliphatic heterocycles. The summed E-state index contributed by atoms with van der Waals surface area (Å²) in [4.78, 5) is 32.6. The fourth-order valence-corrected chi connectivity index (χ4v) is 5.07. The van der Waals surface area contributed by atoms with Crippen molar-refractivity contribution >= 4 is 51.7 Å². The maximum absolute atomic E-state index is 13.5. The van der Waals surface area contributed by atoms with Crippen molar-refractivity contribution in [1.29, 1.82) is 0 Å². The predicted octanol–water partition coefficient (Wildman–Crippen LogP) is 5.53. The molecule has 1 heterocycles. The number of halogens is 1. The van der Waals surface area contributed by atoms with Crippen molar-refractivity contribution in [2.24, 2.45) is 4.99 Å². The molecule has 0 radical (unpaired) electrons. The summed E-state index contributed by atoms with van der Waals surface area (Å²) in [7, 11) is 4.72. The molecule has 3 aromatic carbocycles. The monoisotopic (exact) mass is 539 g/mol. The average Bonchev–Trinajstić information content (AvgIpc) is 3.18. The summed E-state index contributed by atoms with van der Waals surface area (Å²) in [6, 6.07) is 19.6. The minimum absolute atomic E-state index is 0.0290. The van der Waals surface area contributed by atoms with Gasteiger partial charge in [-0.25, -0.2) is 4.99 Å². The van der Waals surface area contributed by atoms with Gasteiger partial charge < -0.3 is 19.5 Å². The molecule has 1 atom stereocenters. The van der Waals surface area contributed by atoms with Crippen molar-refractivity contribution in [3.63, 3.8) is 0 Å². The van der Waals surface area contributed by atoms with Gasteiger partial charge in [-0.2, -0.15) is 0 Å². The van der Waals surface area contributed by atoms with Gasteiger partial charge in [0, 0.05) is 6.42 Å². The highest BCUT2D eigenvalue weighted by Gasteiger charge is 2.39. The number of carbonyl (C=O) groups is 2. The Kier molecular flexibility index (Phi) is 8.58. The van der Waals surface area contributed by atoms with Gasteiger partial charge in [0.15, 0.2) is 16.7 Å². The zero-order chi connectivity index (χ0) is 26.4. The Balaban J connectivity index is 1.58. The summed E-state index contributed by atoms with van der Waals surface area (Å²) in [5.41, 5.74) is 1.99. The summed E-state index contributed by atoms with van der Waals surface area (Å²) >= 11 is 7.42. The number of aliphatic imine (C=N–C) groups is 1. The van der Waals surface area contributed by atoms with E-state index in [1.54, 1.807) is 68.7 Å². The SMILES string of the molecule is COc1ccc(N=C2S[C@H](CC(=O)Nc3ccccc3Cl)C(=O)N2Cc2ccc(OC)c(OC)c2)cc1. The molecule has 8 nitrogen and oxygen atoms in total. The smallest absolute Gasteiger partial charge is 0.242 e. The van der Waals surface area contributed by atoms with Crippen LogP contribution in [0.3, 0.4) is 0 Å². The number of hydrogen-bond donors (Lipinski definition) is 1. The largest absolute Gasteiger partial charge is 0.497 e. The third kappa shape index (κ3) is 6.36. The van der Waals surface area contributed by atoms with Crippen molar-refractivity contribution in [3.05, 3.63) is 77.3 Å². The topological polar surface area (TPSA) is 89.5 Å². The molecule has 0 spiro atoms. The highest BCUT2D eigenvalue weighted by atomic mass is 35.5. The first-order valence-corrected chi connectivity index (χ1v) is 12.6. The molecule has 37 heavy (non-hydrogen) atoms. The second kappa shape index (κ2) is 12.0. The van der Waals surface area contributed by atoms with Crippen molar-refractivity contribution in [2.45, 2.75) is 18.2 Å². The third-order valence-electron chi connectivity index (χ3n) is 5.62. The number of ether oxygens (including phenoxy) is 3. The number of carbonyl (C=O) groups excluding carboxylic acids is 2. The van der Waals surface area contributed by atoms with Crippen LogP contribution in [0.2, 0.25) is 5.02 Å². The molecule has 192 valence electrons. The van der Waals surface area contributed by atoms with Crippen LogP contribution < -0.4 is 19.5 Å². The van der Waals surface area contributed by atoms with Crippen LogP contribution in [0, 0.1) is 0 Å². The molecule has 4 rings (SSSR count). The van der Waals surface area contributed by atoms with Gasteiger partial charge in [0.05, 0.1) is 44.3 Å². The van der Waals surface area contributed by atoms with Gasteiger partial charge in [-0.3, -0.25) is 14.5 Å². The molecule has 1 saturated heterocycles. The highest BCUT2D eigenvalue weighted by Crippen LogP contribution is 2.35. The van der Waals surface area contributed by atoms with Gasteiger partial charge in [0.1, 0.15) is 11.0 Å². The minimum atomic E-state index is -0.639. The normalized spacial score (nSPS) is 16.1. The summed E-state index contributed by atoms with van der Waals surface area (Å²) < 4.78 is 16.0. The molecule has 1 fully saturated rings. The maximum Gasteiger partial charge on any atom is 0.242 e. The predicted molar refractivity (Wildman–Crippen MR) is 146 cm³/mol. The molecule has 2 amide bonds. The van der Waals surface area contributed by atoms with Crippen LogP contribution in [0.15, 0.2) is 71.7 Å².